The Bertz CT molecular complexity index is 887. The van der Waals surface area contributed by atoms with Gasteiger partial charge in [-0.3, -0.25) is 14.3 Å². The van der Waals surface area contributed by atoms with Crippen molar-refractivity contribution in [3.8, 4) is 0 Å². The number of aromatic nitrogens is 3. The molecule has 0 radical (unpaired) electrons. The number of carbonyl (C=O) groups excluding carboxylic acids is 1. The van der Waals surface area contributed by atoms with Gasteiger partial charge in [0.15, 0.2) is 0 Å². The van der Waals surface area contributed by atoms with E-state index in [0.717, 1.165) is 56.7 Å². The predicted molar refractivity (Wildman–Crippen MR) is 109 cm³/mol. The van der Waals surface area contributed by atoms with Gasteiger partial charge in [0.05, 0.1) is 6.54 Å². The molecule has 2 aliphatic rings. The van der Waals surface area contributed by atoms with Crippen LogP contribution >= 0.6 is 0 Å². The predicted octanol–water partition coefficient (Wildman–Crippen LogP) is 2.30. The molecule has 1 aromatic heterocycles. The van der Waals surface area contributed by atoms with E-state index >= 15 is 0 Å². The van der Waals surface area contributed by atoms with E-state index in [1.807, 2.05) is 28.8 Å². The van der Waals surface area contributed by atoms with Gasteiger partial charge in [-0.2, -0.15) is 5.10 Å². The molecule has 150 valence electrons. The topological polar surface area (TPSA) is 72.2 Å². The van der Waals surface area contributed by atoms with Crippen molar-refractivity contribution in [2.45, 2.75) is 51.0 Å². The molecule has 2 fully saturated rings. The highest BCUT2D eigenvalue weighted by molar-refractivity contribution is 5.92. The maximum absolute atomic E-state index is 12.4. The number of carbonyl (C=O) groups is 1. The highest BCUT2D eigenvalue weighted by Gasteiger charge is 2.33. The zero-order valence-corrected chi connectivity index (χ0v) is 16.7. The maximum Gasteiger partial charge on any atom is 0.345 e. The van der Waals surface area contributed by atoms with Crippen molar-refractivity contribution in [3.63, 3.8) is 0 Å². The zero-order chi connectivity index (χ0) is 19.7. The van der Waals surface area contributed by atoms with Crippen LogP contribution < -0.4 is 11.0 Å². The van der Waals surface area contributed by atoms with Gasteiger partial charge in [-0.05, 0) is 62.9 Å². The Morgan fingerprint density at radius 2 is 1.82 bits per heavy atom. The fraction of sp³-hybridized carbons (Fsp3) is 0.571. The molecule has 7 nitrogen and oxygen atoms in total. The Labute approximate surface area is 165 Å². The van der Waals surface area contributed by atoms with Crippen molar-refractivity contribution in [1.82, 2.24) is 19.2 Å². The average molecular weight is 383 g/mol. The second-order valence-corrected chi connectivity index (χ2v) is 8.01. The molecule has 0 spiro atoms. The number of amides is 1. The zero-order valence-electron chi connectivity index (χ0n) is 16.7. The Morgan fingerprint density at radius 3 is 2.43 bits per heavy atom. The largest absolute Gasteiger partial charge is 0.345 e. The maximum atomic E-state index is 12.4. The van der Waals surface area contributed by atoms with Gasteiger partial charge >= 0.3 is 5.69 Å². The minimum atomic E-state index is 0.00778. The molecule has 4 rings (SSSR count). The number of aryl methyl sites for hydroxylation is 2. The Hall–Kier alpha value is -2.41. The van der Waals surface area contributed by atoms with Gasteiger partial charge in [0, 0.05) is 24.7 Å². The van der Waals surface area contributed by atoms with Crippen LogP contribution in [0.4, 0.5) is 5.69 Å². The third kappa shape index (κ3) is 4.04. The van der Waals surface area contributed by atoms with Gasteiger partial charge in [0.1, 0.15) is 5.82 Å². The van der Waals surface area contributed by atoms with Crippen molar-refractivity contribution in [2.24, 2.45) is 7.05 Å². The first-order valence-corrected chi connectivity index (χ1v) is 10.3. The first-order valence-electron chi connectivity index (χ1n) is 10.3. The van der Waals surface area contributed by atoms with Crippen LogP contribution in [0, 0.1) is 0 Å². The van der Waals surface area contributed by atoms with Crippen molar-refractivity contribution in [1.29, 1.82) is 0 Å². The van der Waals surface area contributed by atoms with Crippen LogP contribution in [0.5, 0.6) is 0 Å². The van der Waals surface area contributed by atoms with Gasteiger partial charge in [-0.25, -0.2) is 9.48 Å². The summed E-state index contributed by atoms with van der Waals surface area (Å²) in [6, 6.07) is 8.36. The molecule has 1 saturated heterocycles. The van der Waals surface area contributed by atoms with E-state index in [0.29, 0.717) is 18.5 Å². The first kappa shape index (κ1) is 18.9. The fourth-order valence-corrected chi connectivity index (χ4v) is 4.03. The summed E-state index contributed by atoms with van der Waals surface area (Å²) in [5.41, 5.74) is 2.12. The highest BCUT2D eigenvalue weighted by Crippen LogP contribution is 2.37. The third-order valence-electron chi connectivity index (χ3n) is 5.86. The van der Waals surface area contributed by atoms with Crippen molar-refractivity contribution < 1.29 is 4.79 Å². The lowest BCUT2D eigenvalue weighted by Gasteiger charge is -2.31. The second-order valence-electron chi connectivity index (χ2n) is 8.01. The molecule has 0 unspecified atom stereocenters. The van der Waals surface area contributed by atoms with Gasteiger partial charge in [0.25, 0.3) is 0 Å². The molecule has 1 aromatic carbocycles. The smallest absolute Gasteiger partial charge is 0.325 e. The molecule has 2 aromatic rings. The lowest BCUT2D eigenvalue weighted by atomic mass is 9.96. The quantitative estimate of drug-likeness (QED) is 0.831. The molecule has 1 saturated carbocycles. The summed E-state index contributed by atoms with van der Waals surface area (Å²) in [5, 5.41) is 7.51. The second kappa shape index (κ2) is 7.91. The van der Waals surface area contributed by atoms with E-state index in [-0.39, 0.29) is 11.6 Å². The van der Waals surface area contributed by atoms with Crippen LogP contribution in [0.3, 0.4) is 0 Å². The average Bonchev–Trinajstić information content (AvgIpc) is 3.49. The summed E-state index contributed by atoms with van der Waals surface area (Å²) >= 11 is 0. The number of anilines is 1. The Balaban J connectivity index is 1.31. The van der Waals surface area contributed by atoms with E-state index in [2.05, 4.69) is 22.2 Å². The summed E-state index contributed by atoms with van der Waals surface area (Å²) in [5.74, 6) is 1.26. The van der Waals surface area contributed by atoms with Crippen molar-refractivity contribution in [2.75, 3.05) is 25.0 Å². The Kier molecular flexibility index (Phi) is 5.35. The molecule has 1 amide bonds. The molecule has 2 heterocycles. The fourth-order valence-electron chi connectivity index (χ4n) is 4.03. The lowest BCUT2D eigenvalue weighted by Crippen LogP contribution is -2.39. The Morgan fingerprint density at radius 1 is 1.14 bits per heavy atom. The summed E-state index contributed by atoms with van der Waals surface area (Å²) < 4.78 is 3.38. The van der Waals surface area contributed by atoms with Gasteiger partial charge in [-0.15, -0.1) is 0 Å². The van der Waals surface area contributed by atoms with Gasteiger partial charge in [-0.1, -0.05) is 19.1 Å². The van der Waals surface area contributed by atoms with E-state index in [4.69, 9.17) is 0 Å². The molecule has 7 heteroatoms. The minimum absolute atomic E-state index is 0.00778. The van der Waals surface area contributed by atoms with Gasteiger partial charge < -0.3 is 5.32 Å². The van der Waals surface area contributed by atoms with Gasteiger partial charge in [0.2, 0.25) is 5.91 Å². The van der Waals surface area contributed by atoms with E-state index in [1.165, 1.54) is 10.2 Å². The molecule has 1 N–H and O–H groups in total. The van der Waals surface area contributed by atoms with E-state index in [9.17, 15) is 9.59 Å². The van der Waals surface area contributed by atoms with Crippen LogP contribution in [0.2, 0.25) is 0 Å². The van der Waals surface area contributed by atoms with Crippen molar-refractivity contribution >= 4 is 11.6 Å². The van der Waals surface area contributed by atoms with Crippen LogP contribution in [0.15, 0.2) is 29.1 Å². The van der Waals surface area contributed by atoms with Crippen molar-refractivity contribution in [3.05, 3.63) is 46.1 Å². The number of hydrogen-bond donors (Lipinski definition) is 1. The first-order chi connectivity index (χ1) is 13.5. The summed E-state index contributed by atoms with van der Waals surface area (Å²) in [7, 11) is 1.73. The number of rotatable bonds is 6. The number of nitrogens with one attached hydrogen (secondary N) is 1. The van der Waals surface area contributed by atoms with Crippen LogP contribution in [0.25, 0.3) is 0 Å². The van der Waals surface area contributed by atoms with E-state index < -0.39 is 0 Å². The molecular weight excluding hydrogens is 354 g/mol. The molecule has 0 bridgehead atoms. The third-order valence-corrected chi connectivity index (χ3v) is 5.86. The molecule has 0 atom stereocenters. The molecule has 28 heavy (non-hydrogen) atoms. The van der Waals surface area contributed by atoms with Crippen LogP contribution in [-0.4, -0.2) is 44.8 Å². The number of piperidine rings is 1. The summed E-state index contributed by atoms with van der Waals surface area (Å²) in [6.45, 7) is 4.22. The molecule has 1 aliphatic heterocycles. The molecule has 1 aliphatic carbocycles. The normalized spacial score (nSPS) is 18.4. The number of benzene rings is 1. The SMILES string of the molecule is CCc1ccc(NC(=O)CN2CCC(c3nn(C)c(=O)n3C3CC3)CC2)cc1. The van der Waals surface area contributed by atoms with E-state index in [1.54, 1.807) is 7.05 Å². The number of likely N-dealkylation sites (tertiary alicyclic amines) is 1. The monoisotopic (exact) mass is 383 g/mol. The van der Waals surface area contributed by atoms with Crippen LogP contribution in [0.1, 0.15) is 56.0 Å². The highest BCUT2D eigenvalue weighted by atomic mass is 16.2. The standard InChI is InChI=1S/C21H29N5O2/c1-3-15-4-6-17(7-5-15)22-19(27)14-25-12-10-16(11-13-25)20-23-24(2)21(28)26(20)18-8-9-18/h4-7,16,18H,3,8-14H2,1-2H3,(H,22,27). The number of nitrogens with zero attached hydrogens (tertiary/aromatic N) is 4. The summed E-state index contributed by atoms with van der Waals surface area (Å²) in [6.07, 6.45) is 5.02. The van der Waals surface area contributed by atoms with Crippen LogP contribution in [-0.2, 0) is 18.3 Å². The minimum Gasteiger partial charge on any atom is -0.325 e. The number of hydrogen-bond acceptors (Lipinski definition) is 4. The molecular formula is C21H29N5O2. The lowest BCUT2D eigenvalue weighted by molar-refractivity contribution is -0.117. The summed E-state index contributed by atoms with van der Waals surface area (Å²) in [4.78, 5) is 26.9.